The first kappa shape index (κ1) is 14.3. The molecule has 0 aliphatic carbocycles. The lowest BCUT2D eigenvalue weighted by atomic mass is 10.1. The average molecular weight is 275 g/mol. The molecule has 106 valence electrons. The number of hydrogen-bond acceptors (Lipinski definition) is 4. The van der Waals surface area contributed by atoms with Gasteiger partial charge in [0, 0.05) is 25.1 Å². The van der Waals surface area contributed by atoms with Crippen molar-refractivity contribution >= 4 is 16.9 Å². The third-order valence-corrected chi connectivity index (χ3v) is 2.97. The highest BCUT2D eigenvalue weighted by atomic mass is 16.5. The number of carbonyl (C=O) groups excluding carboxylic acids is 1. The number of rotatable bonds is 5. The normalized spacial score (nSPS) is 10.7. The maximum Gasteiger partial charge on any atom is 0.336 e. The number of fused-ring (bicyclic) bond motifs is 1. The van der Waals surface area contributed by atoms with E-state index >= 15 is 0 Å². The van der Waals surface area contributed by atoms with Gasteiger partial charge in [-0.05, 0) is 24.1 Å². The lowest BCUT2D eigenvalue weighted by Gasteiger charge is -2.07. The van der Waals surface area contributed by atoms with Crippen LogP contribution in [-0.4, -0.2) is 26.2 Å². The standard InChI is InChI=1S/C15H17NO4/c1-10-3-4-12-11(8-14(17)16-5-6-19-2)9-15(18)20-13(12)7-10/h3-4,7,9H,5-6,8H2,1-2H3,(H,16,17). The minimum absolute atomic E-state index is 0.144. The van der Waals surface area contributed by atoms with Gasteiger partial charge in [-0.25, -0.2) is 4.79 Å². The number of amides is 1. The molecule has 0 bridgehead atoms. The number of aryl methyl sites for hydroxylation is 1. The van der Waals surface area contributed by atoms with Crippen LogP contribution in [0.2, 0.25) is 0 Å². The molecule has 5 nitrogen and oxygen atoms in total. The van der Waals surface area contributed by atoms with Crippen molar-refractivity contribution in [3.63, 3.8) is 0 Å². The Morgan fingerprint density at radius 3 is 2.90 bits per heavy atom. The molecule has 2 rings (SSSR count). The van der Waals surface area contributed by atoms with E-state index in [0.29, 0.717) is 24.3 Å². The van der Waals surface area contributed by atoms with Crippen LogP contribution >= 0.6 is 0 Å². The second kappa shape index (κ2) is 6.34. The highest BCUT2D eigenvalue weighted by molar-refractivity contribution is 5.87. The summed E-state index contributed by atoms with van der Waals surface area (Å²) in [7, 11) is 1.57. The summed E-state index contributed by atoms with van der Waals surface area (Å²) in [6.45, 7) is 2.83. The van der Waals surface area contributed by atoms with Gasteiger partial charge in [-0.15, -0.1) is 0 Å². The van der Waals surface area contributed by atoms with Crippen molar-refractivity contribution in [2.45, 2.75) is 13.3 Å². The van der Waals surface area contributed by atoms with Crippen LogP contribution in [0.5, 0.6) is 0 Å². The number of methoxy groups -OCH3 is 1. The molecule has 0 fully saturated rings. The molecule has 20 heavy (non-hydrogen) atoms. The van der Waals surface area contributed by atoms with Crippen molar-refractivity contribution in [2.75, 3.05) is 20.3 Å². The fraction of sp³-hybridized carbons (Fsp3) is 0.333. The van der Waals surface area contributed by atoms with E-state index in [4.69, 9.17) is 9.15 Å². The van der Waals surface area contributed by atoms with Crippen molar-refractivity contribution in [3.05, 3.63) is 45.8 Å². The topological polar surface area (TPSA) is 68.5 Å². The molecule has 1 heterocycles. The maximum atomic E-state index is 11.8. The average Bonchev–Trinajstić information content (AvgIpc) is 2.38. The van der Waals surface area contributed by atoms with Crippen molar-refractivity contribution in [2.24, 2.45) is 0 Å². The van der Waals surface area contributed by atoms with Crippen LogP contribution < -0.4 is 10.9 Å². The van der Waals surface area contributed by atoms with Gasteiger partial charge in [-0.2, -0.15) is 0 Å². The third kappa shape index (κ3) is 3.45. The second-order valence-electron chi connectivity index (χ2n) is 4.61. The van der Waals surface area contributed by atoms with Gasteiger partial charge >= 0.3 is 5.63 Å². The van der Waals surface area contributed by atoms with Crippen LogP contribution in [0.25, 0.3) is 11.0 Å². The van der Waals surface area contributed by atoms with Gasteiger partial charge in [0.15, 0.2) is 0 Å². The zero-order valence-electron chi connectivity index (χ0n) is 11.6. The van der Waals surface area contributed by atoms with Gasteiger partial charge in [-0.3, -0.25) is 4.79 Å². The number of hydrogen-bond donors (Lipinski definition) is 1. The third-order valence-electron chi connectivity index (χ3n) is 2.97. The summed E-state index contributed by atoms with van der Waals surface area (Å²) in [6.07, 6.45) is 0.148. The van der Waals surface area contributed by atoms with Crippen molar-refractivity contribution < 1.29 is 13.9 Å². The number of benzene rings is 1. The predicted octanol–water partition coefficient (Wildman–Crippen LogP) is 1.41. The van der Waals surface area contributed by atoms with Gasteiger partial charge in [0.25, 0.3) is 0 Å². The van der Waals surface area contributed by atoms with E-state index in [1.54, 1.807) is 13.2 Å². The molecule has 0 unspecified atom stereocenters. The van der Waals surface area contributed by atoms with Crippen LogP contribution in [0.3, 0.4) is 0 Å². The van der Waals surface area contributed by atoms with Gasteiger partial charge < -0.3 is 14.5 Å². The van der Waals surface area contributed by atoms with Crippen LogP contribution in [0.1, 0.15) is 11.1 Å². The summed E-state index contributed by atoms with van der Waals surface area (Å²) in [5.74, 6) is -0.144. The molecule has 1 N–H and O–H groups in total. The monoisotopic (exact) mass is 275 g/mol. The highest BCUT2D eigenvalue weighted by Gasteiger charge is 2.09. The summed E-state index contributed by atoms with van der Waals surface area (Å²) >= 11 is 0. The molecule has 0 saturated carbocycles. The quantitative estimate of drug-likeness (QED) is 0.661. The Morgan fingerprint density at radius 1 is 1.35 bits per heavy atom. The summed E-state index contributed by atoms with van der Waals surface area (Å²) in [5.41, 5.74) is 1.74. The number of nitrogens with one attached hydrogen (secondary N) is 1. The van der Waals surface area contributed by atoms with Crippen LogP contribution in [0.15, 0.2) is 33.5 Å². The molecule has 5 heteroatoms. The summed E-state index contributed by atoms with van der Waals surface area (Å²) in [6, 6.07) is 6.96. The predicted molar refractivity (Wildman–Crippen MR) is 75.8 cm³/mol. The molecule has 1 aromatic heterocycles. The fourth-order valence-electron chi connectivity index (χ4n) is 2.01. The molecular weight excluding hydrogens is 258 g/mol. The smallest absolute Gasteiger partial charge is 0.336 e. The van der Waals surface area contributed by atoms with Crippen molar-refractivity contribution in [3.8, 4) is 0 Å². The Balaban J connectivity index is 2.25. The molecule has 2 aromatic rings. The maximum absolute atomic E-state index is 11.8. The van der Waals surface area contributed by atoms with Crippen molar-refractivity contribution in [1.82, 2.24) is 5.32 Å². The lowest BCUT2D eigenvalue weighted by Crippen LogP contribution is -2.28. The number of ether oxygens (including phenoxy) is 1. The SMILES string of the molecule is COCCNC(=O)Cc1cc(=O)oc2cc(C)ccc12. The van der Waals surface area contributed by atoms with E-state index in [0.717, 1.165) is 10.9 Å². The van der Waals surface area contributed by atoms with Gasteiger partial charge in [0.05, 0.1) is 13.0 Å². The first-order chi connectivity index (χ1) is 9.60. The molecule has 0 saturated heterocycles. The van der Waals surface area contributed by atoms with E-state index in [1.807, 2.05) is 19.1 Å². The van der Waals surface area contributed by atoms with Crippen molar-refractivity contribution in [1.29, 1.82) is 0 Å². The van der Waals surface area contributed by atoms with Crippen LogP contribution in [0.4, 0.5) is 0 Å². The zero-order chi connectivity index (χ0) is 14.5. The summed E-state index contributed by atoms with van der Waals surface area (Å²) in [5, 5.41) is 3.52. The molecule has 0 aliphatic rings. The Morgan fingerprint density at radius 2 is 2.15 bits per heavy atom. The molecule has 0 aliphatic heterocycles. The Kier molecular flexibility index (Phi) is 4.53. The highest BCUT2D eigenvalue weighted by Crippen LogP contribution is 2.18. The molecule has 0 radical (unpaired) electrons. The zero-order valence-corrected chi connectivity index (χ0v) is 11.6. The summed E-state index contributed by atoms with van der Waals surface area (Å²) < 4.78 is 10.0. The minimum atomic E-state index is -0.442. The Labute approximate surface area is 116 Å². The van der Waals surface area contributed by atoms with Crippen LogP contribution in [0, 0.1) is 6.92 Å². The molecular formula is C15H17NO4. The largest absolute Gasteiger partial charge is 0.423 e. The van der Waals surface area contributed by atoms with Gasteiger partial charge in [-0.1, -0.05) is 12.1 Å². The van der Waals surface area contributed by atoms with E-state index in [-0.39, 0.29) is 12.3 Å². The van der Waals surface area contributed by atoms with E-state index in [1.165, 1.54) is 6.07 Å². The van der Waals surface area contributed by atoms with E-state index < -0.39 is 5.63 Å². The molecule has 1 aromatic carbocycles. The first-order valence-corrected chi connectivity index (χ1v) is 6.39. The van der Waals surface area contributed by atoms with Gasteiger partial charge in [0.2, 0.25) is 5.91 Å². The van der Waals surface area contributed by atoms with Gasteiger partial charge in [0.1, 0.15) is 5.58 Å². The second-order valence-corrected chi connectivity index (χ2v) is 4.61. The lowest BCUT2D eigenvalue weighted by molar-refractivity contribution is -0.120. The van der Waals surface area contributed by atoms with E-state index in [9.17, 15) is 9.59 Å². The fourth-order valence-corrected chi connectivity index (χ4v) is 2.01. The first-order valence-electron chi connectivity index (χ1n) is 6.39. The van der Waals surface area contributed by atoms with Crippen LogP contribution in [-0.2, 0) is 16.0 Å². The Bertz CT molecular complexity index is 675. The van der Waals surface area contributed by atoms with E-state index in [2.05, 4.69) is 5.32 Å². The Hall–Kier alpha value is -2.14. The summed E-state index contributed by atoms with van der Waals surface area (Å²) in [4.78, 5) is 23.3. The number of carbonyl (C=O) groups is 1. The minimum Gasteiger partial charge on any atom is -0.423 e. The molecule has 1 amide bonds. The molecule has 0 spiro atoms. The molecule has 0 atom stereocenters.